The zero-order chi connectivity index (χ0) is 26.5. The van der Waals surface area contributed by atoms with Gasteiger partial charge >= 0.3 is 10.2 Å². The lowest BCUT2D eigenvalue weighted by atomic mass is 10.1. The standard InChI is InChI=1S/C26H38N4O4S/c1-18(2)27-26(32)22(6)29(16-23-12-10-9-11-20(23)4)25(31)17-30(35(33,34)28(7)8)24-15-19(3)13-14-21(24)5/h9-15,18,22H,16-17H2,1-8H3,(H,27,32). The molecule has 2 aromatic rings. The average Bonchev–Trinajstić information content (AvgIpc) is 2.77. The van der Waals surface area contributed by atoms with Gasteiger partial charge in [-0.05, 0) is 69.9 Å². The summed E-state index contributed by atoms with van der Waals surface area (Å²) in [6, 6.07) is 12.2. The van der Waals surface area contributed by atoms with E-state index in [-0.39, 0.29) is 18.5 Å². The van der Waals surface area contributed by atoms with Gasteiger partial charge in [0.05, 0.1) is 5.69 Å². The van der Waals surface area contributed by atoms with Crippen LogP contribution in [0.15, 0.2) is 42.5 Å². The number of rotatable bonds is 10. The van der Waals surface area contributed by atoms with Gasteiger partial charge in [-0.3, -0.25) is 9.59 Å². The van der Waals surface area contributed by atoms with Gasteiger partial charge < -0.3 is 10.2 Å². The summed E-state index contributed by atoms with van der Waals surface area (Å²) in [5, 5.41) is 2.86. The van der Waals surface area contributed by atoms with Gasteiger partial charge in [-0.15, -0.1) is 0 Å². The van der Waals surface area contributed by atoms with Crippen LogP contribution in [0.2, 0.25) is 0 Å². The first kappa shape index (κ1) is 28.3. The first-order valence-corrected chi connectivity index (χ1v) is 13.1. The van der Waals surface area contributed by atoms with Crippen molar-refractivity contribution in [2.24, 2.45) is 0 Å². The van der Waals surface area contributed by atoms with E-state index in [9.17, 15) is 18.0 Å². The first-order chi connectivity index (χ1) is 16.2. The van der Waals surface area contributed by atoms with Gasteiger partial charge in [0.25, 0.3) is 0 Å². The van der Waals surface area contributed by atoms with E-state index in [1.165, 1.54) is 19.0 Å². The number of benzene rings is 2. The van der Waals surface area contributed by atoms with E-state index in [1.807, 2.05) is 64.1 Å². The molecule has 1 unspecified atom stereocenters. The third-order valence-electron chi connectivity index (χ3n) is 5.85. The summed E-state index contributed by atoms with van der Waals surface area (Å²) in [5.74, 6) is -0.762. The molecule has 1 atom stereocenters. The largest absolute Gasteiger partial charge is 0.352 e. The molecular formula is C26H38N4O4S. The molecule has 8 nitrogen and oxygen atoms in total. The van der Waals surface area contributed by atoms with Gasteiger partial charge in [0.15, 0.2) is 0 Å². The van der Waals surface area contributed by atoms with E-state index >= 15 is 0 Å². The van der Waals surface area contributed by atoms with Crippen LogP contribution in [0.25, 0.3) is 0 Å². The summed E-state index contributed by atoms with van der Waals surface area (Å²) in [6.45, 7) is 10.7. The molecule has 0 fully saturated rings. The molecule has 0 aliphatic rings. The molecular weight excluding hydrogens is 464 g/mol. The van der Waals surface area contributed by atoms with Crippen molar-refractivity contribution in [2.45, 2.75) is 60.2 Å². The maximum absolute atomic E-state index is 13.8. The van der Waals surface area contributed by atoms with E-state index in [0.29, 0.717) is 5.69 Å². The lowest BCUT2D eigenvalue weighted by Crippen LogP contribution is -2.53. The highest BCUT2D eigenvalue weighted by Crippen LogP contribution is 2.26. The second kappa shape index (κ2) is 11.7. The second-order valence-electron chi connectivity index (χ2n) is 9.37. The number of nitrogens with one attached hydrogen (secondary N) is 1. The van der Waals surface area contributed by atoms with Gasteiger partial charge in [-0.25, -0.2) is 4.31 Å². The molecule has 0 bridgehead atoms. The number of hydrogen-bond donors (Lipinski definition) is 1. The minimum Gasteiger partial charge on any atom is -0.352 e. The highest BCUT2D eigenvalue weighted by Gasteiger charge is 2.33. The van der Waals surface area contributed by atoms with Crippen molar-refractivity contribution < 1.29 is 18.0 Å². The Hall–Kier alpha value is -2.91. The van der Waals surface area contributed by atoms with Crippen LogP contribution in [0.4, 0.5) is 5.69 Å². The monoisotopic (exact) mass is 502 g/mol. The van der Waals surface area contributed by atoms with E-state index in [4.69, 9.17) is 0 Å². The van der Waals surface area contributed by atoms with Crippen molar-refractivity contribution in [3.63, 3.8) is 0 Å². The molecule has 0 saturated carbocycles. The van der Waals surface area contributed by atoms with Crippen molar-refractivity contribution in [1.29, 1.82) is 0 Å². The molecule has 9 heteroatoms. The molecule has 2 amide bonds. The van der Waals surface area contributed by atoms with Crippen molar-refractivity contribution >= 4 is 27.7 Å². The topological polar surface area (TPSA) is 90.0 Å². The van der Waals surface area contributed by atoms with Gasteiger partial charge in [0.1, 0.15) is 12.6 Å². The summed E-state index contributed by atoms with van der Waals surface area (Å²) >= 11 is 0. The lowest BCUT2D eigenvalue weighted by molar-refractivity contribution is -0.139. The Morgan fingerprint density at radius 2 is 1.57 bits per heavy atom. The smallest absolute Gasteiger partial charge is 0.304 e. The van der Waals surface area contributed by atoms with Crippen LogP contribution in [0.3, 0.4) is 0 Å². The molecule has 192 valence electrons. The van der Waals surface area contributed by atoms with E-state index in [0.717, 1.165) is 30.9 Å². The summed E-state index contributed by atoms with van der Waals surface area (Å²) in [5.41, 5.74) is 3.90. The van der Waals surface area contributed by atoms with Crippen molar-refractivity contribution in [2.75, 3.05) is 24.9 Å². The Morgan fingerprint density at radius 1 is 0.943 bits per heavy atom. The van der Waals surface area contributed by atoms with Crippen LogP contribution < -0.4 is 9.62 Å². The van der Waals surface area contributed by atoms with Crippen LogP contribution >= 0.6 is 0 Å². The number of anilines is 1. The summed E-state index contributed by atoms with van der Waals surface area (Å²) < 4.78 is 28.8. The Bertz CT molecular complexity index is 1160. The molecule has 1 N–H and O–H groups in total. The van der Waals surface area contributed by atoms with E-state index in [2.05, 4.69) is 5.32 Å². The second-order valence-corrected chi connectivity index (χ2v) is 11.4. The molecule has 0 aromatic heterocycles. The van der Waals surface area contributed by atoms with Crippen LogP contribution in [0, 0.1) is 20.8 Å². The number of hydrogen-bond acceptors (Lipinski definition) is 4. The Morgan fingerprint density at radius 3 is 2.14 bits per heavy atom. The molecule has 0 heterocycles. The minimum absolute atomic E-state index is 0.0964. The maximum Gasteiger partial charge on any atom is 0.304 e. The number of carbonyl (C=O) groups is 2. The summed E-state index contributed by atoms with van der Waals surface area (Å²) in [7, 11) is -1.12. The molecule has 0 aliphatic carbocycles. The van der Waals surface area contributed by atoms with Gasteiger partial charge in [-0.2, -0.15) is 12.7 Å². The average molecular weight is 503 g/mol. The SMILES string of the molecule is Cc1ccc(C)c(N(CC(=O)N(Cc2ccccc2C)C(C)C(=O)NC(C)C)S(=O)(=O)N(C)C)c1. The summed E-state index contributed by atoms with van der Waals surface area (Å²) in [4.78, 5) is 28.1. The lowest BCUT2D eigenvalue weighted by Gasteiger charge is -2.34. The Labute approximate surface area is 210 Å². The molecule has 0 spiro atoms. The fourth-order valence-electron chi connectivity index (χ4n) is 3.65. The van der Waals surface area contributed by atoms with Crippen molar-refractivity contribution in [3.05, 3.63) is 64.7 Å². The minimum atomic E-state index is -3.99. The fraction of sp³-hybridized carbons (Fsp3) is 0.462. The van der Waals surface area contributed by atoms with Crippen LogP contribution in [0.5, 0.6) is 0 Å². The molecule has 35 heavy (non-hydrogen) atoms. The third kappa shape index (κ3) is 7.05. The zero-order valence-electron chi connectivity index (χ0n) is 22.0. The fourth-order valence-corrected chi connectivity index (χ4v) is 4.76. The number of nitrogens with zero attached hydrogens (tertiary/aromatic N) is 3. The predicted molar refractivity (Wildman–Crippen MR) is 140 cm³/mol. The zero-order valence-corrected chi connectivity index (χ0v) is 22.8. The van der Waals surface area contributed by atoms with Crippen molar-refractivity contribution in [1.82, 2.24) is 14.5 Å². The predicted octanol–water partition coefficient (Wildman–Crippen LogP) is 3.17. The molecule has 2 rings (SSSR count). The maximum atomic E-state index is 13.8. The van der Waals surface area contributed by atoms with Crippen LogP contribution in [0.1, 0.15) is 43.0 Å². The van der Waals surface area contributed by atoms with Crippen LogP contribution in [-0.2, 0) is 26.3 Å². The van der Waals surface area contributed by atoms with Gasteiger partial charge in [-0.1, -0.05) is 36.4 Å². The quantitative estimate of drug-likeness (QED) is 0.540. The van der Waals surface area contributed by atoms with E-state index in [1.54, 1.807) is 19.9 Å². The normalized spacial score (nSPS) is 12.5. The molecule has 0 saturated heterocycles. The van der Waals surface area contributed by atoms with Gasteiger partial charge in [0.2, 0.25) is 11.8 Å². The van der Waals surface area contributed by atoms with Gasteiger partial charge in [0, 0.05) is 26.7 Å². The number of aryl methyl sites for hydroxylation is 3. The van der Waals surface area contributed by atoms with Crippen LogP contribution in [-0.4, -0.2) is 62.2 Å². The number of amides is 2. The first-order valence-electron chi connectivity index (χ1n) is 11.7. The van der Waals surface area contributed by atoms with E-state index < -0.39 is 28.7 Å². The van der Waals surface area contributed by atoms with Crippen molar-refractivity contribution in [3.8, 4) is 0 Å². The molecule has 2 aromatic carbocycles. The summed E-state index contributed by atoms with van der Waals surface area (Å²) in [6.07, 6.45) is 0. The highest BCUT2D eigenvalue weighted by atomic mass is 32.2. The molecule has 0 radical (unpaired) electrons. The highest BCUT2D eigenvalue weighted by molar-refractivity contribution is 7.90. The Balaban J connectivity index is 2.53. The molecule has 0 aliphatic heterocycles. The Kier molecular flexibility index (Phi) is 9.45. The third-order valence-corrected chi connectivity index (χ3v) is 7.66. The number of carbonyl (C=O) groups excluding carboxylic acids is 2.